The average molecular weight is 302 g/mol. The minimum absolute atomic E-state index is 0.235. The number of halogens is 3. The van der Waals surface area contributed by atoms with Gasteiger partial charge in [-0.15, -0.1) is 0 Å². The first kappa shape index (κ1) is 12.0. The molecular formula is C11H10BrF2N3. The molecule has 2 aromatic rings. The van der Waals surface area contributed by atoms with E-state index in [1.165, 1.54) is 6.07 Å². The molecule has 1 aromatic heterocycles. The molecule has 0 aliphatic carbocycles. The summed E-state index contributed by atoms with van der Waals surface area (Å²) in [6.45, 7) is 2.22. The van der Waals surface area contributed by atoms with Gasteiger partial charge in [-0.25, -0.2) is 13.8 Å². The van der Waals surface area contributed by atoms with Crippen molar-refractivity contribution in [1.29, 1.82) is 0 Å². The summed E-state index contributed by atoms with van der Waals surface area (Å²) in [7, 11) is 0. The summed E-state index contributed by atoms with van der Waals surface area (Å²) in [5.41, 5.74) is 1.07. The number of hydrogen-bond acceptors (Lipinski definition) is 2. The number of aromatic nitrogens is 2. The second-order valence-corrected chi connectivity index (χ2v) is 4.45. The standard InChI is InChI=1S/C11H10BrF2N3/c1-6-15-4-8(17-6)5-16-11-9(12)2-7(13)3-10(11)14/h2-4,16H,5H2,1H3,(H,15,17). The van der Waals surface area contributed by atoms with E-state index in [4.69, 9.17) is 0 Å². The number of imidazole rings is 1. The molecule has 6 heteroatoms. The van der Waals surface area contributed by atoms with Gasteiger partial charge in [0.2, 0.25) is 0 Å². The molecule has 0 saturated heterocycles. The molecule has 0 saturated carbocycles. The van der Waals surface area contributed by atoms with E-state index in [9.17, 15) is 8.78 Å². The second kappa shape index (κ2) is 4.83. The molecule has 1 aromatic carbocycles. The molecule has 0 amide bonds. The van der Waals surface area contributed by atoms with Crippen LogP contribution in [0.5, 0.6) is 0 Å². The van der Waals surface area contributed by atoms with Gasteiger partial charge in [0.15, 0.2) is 0 Å². The van der Waals surface area contributed by atoms with Gasteiger partial charge in [-0.2, -0.15) is 0 Å². The lowest BCUT2D eigenvalue weighted by atomic mass is 10.3. The number of nitrogens with zero attached hydrogens (tertiary/aromatic N) is 1. The lowest BCUT2D eigenvalue weighted by Gasteiger charge is -2.08. The van der Waals surface area contributed by atoms with E-state index < -0.39 is 11.6 Å². The highest BCUT2D eigenvalue weighted by atomic mass is 79.9. The largest absolute Gasteiger partial charge is 0.376 e. The van der Waals surface area contributed by atoms with Crippen LogP contribution in [0.3, 0.4) is 0 Å². The molecule has 2 N–H and O–H groups in total. The van der Waals surface area contributed by atoms with Crippen molar-refractivity contribution in [2.75, 3.05) is 5.32 Å². The summed E-state index contributed by atoms with van der Waals surface area (Å²) in [5, 5.41) is 2.88. The number of nitrogens with one attached hydrogen (secondary N) is 2. The van der Waals surface area contributed by atoms with Gasteiger partial charge >= 0.3 is 0 Å². The zero-order valence-corrected chi connectivity index (χ0v) is 10.6. The Morgan fingerprint density at radius 1 is 1.41 bits per heavy atom. The maximum atomic E-state index is 13.5. The van der Waals surface area contributed by atoms with E-state index in [2.05, 4.69) is 31.2 Å². The first-order chi connectivity index (χ1) is 8.06. The van der Waals surface area contributed by atoms with Crippen LogP contribution < -0.4 is 5.32 Å². The van der Waals surface area contributed by atoms with E-state index in [-0.39, 0.29) is 5.69 Å². The van der Waals surface area contributed by atoms with Crippen LogP contribution in [-0.2, 0) is 6.54 Å². The minimum atomic E-state index is -0.631. The molecular weight excluding hydrogens is 292 g/mol. The average Bonchev–Trinajstić information content (AvgIpc) is 2.62. The van der Waals surface area contributed by atoms with Crippen molar-refractivity contribution in [2.24, 2.45) is 0 Å². The van der Waals surface area contributed by atoms with Gasteiger partial charge in [0.05, 0.1) is 24.1 Å². The molecule has 0 unspecified atom stereocenters. The Labute approximate surface area is 105 Å². The van der Waals surface area contributed by atoms with Crippen LogP contribution >= 0.6 is 15.9 Å². The van der Waals surface area contributed by atoms with Gasteiger partial charge in [-0.05, 0) is 28.9 Å². The zero-order valence-electron chi connectivity index (χ0n) is 9.02. The van der Waals surface area contributed by atoms with Crippen LogP contribution in [0, 0.1) is 18.6 Å². The van der Waals surface area contributed by atoms with Crippen molar-refractivity contribution >= 4 is 21.6 Å². The molecule has 0 spiro atoms. The molecule has 0 fully saturated rings. The van der Waals surface area contributed by atoms with Crippen molar-refractivity contribution in [2.45, 2.75) is 13.5 Å². The summed E-state index contributed by atoms with van der Waals surface area (Å²) in [4.78, 5) is 7.04. The van der Waals surface area contributed by atoms with Gasteiger partial charge < -0.3 is 10.3 Å². The van der Waals surface area contributed by atoms with E-state index in [0.717, 1.165) is 17.6 Å². The Balaban J connectivity index is 2.14. The van der Waals surface area contributed by atoms with Crippen LogP contribution in [0.25, 0.3) is 0 Å². The lowest BCUT2D eigenvalue weighted by molar-refractivity contribution is 0.583. The third kappa shape index (κ3) is 2.82. The molecule has 17 heavy (non-hydrogen) atoms. The fraction of sp³-hybridized carbons (Fsp3) is 0.182. The van der Waals surface area contributed by atoms with E-state index >= 15 is 0 Å². The quantitative estimate of drug-likeness (QED) is 0.912. The van der Waals surface area contributed by atoms with Gasteiger partial charge in [0, 0.05) is 10.5 Å². The Hall–Kier alpha value is -1.43. The number of anilines is 1. The normalized spacial score (nSPS) is 10.6. The van der Waals surface area contributed by atoms with Crippen LogP contribution in [0.1, 0.15) is 11.5 Å². The predicted molar refractivity (Wildman–Crippen MR) is 64.7 cm³/mol. The van der Waals surface area contributed by atoms with Crippen LogP contribution in [0.4, 0.5) is 14.5 Å². The lowest BCUT2D eigenvalue weighted by Crippen LogP contribution is -2.03. The Kier molecular flexibility index (Phi) is 3.42. The van der Waals surface area contributed by atoms with Gasteiger partial charge in [0.25, 0.3) is 0 Å². The van der Waals surface area contributed by atoms with E-state index in [0.29, 0.717) is 11.0 Å². The van der Waals surface area contributed by atoms with Gasteiger partial charge in [-0.3, -0.25) is 0 Å². The van der Waals surface area contributed by atoms with Crippen molar-refractivity contribution in [3.63, 3.8) is 0 Å². The Morgan fingerprint density at radius 3 is 2.76 bits per heavy atom. The van der Waals surface area contributed by atoms with Gasteiger partial charge in [0.1, 0.15) is 17.5 Å². The number of H-pyrrole nitrogens is 1. The topological polar surface area (TPSA) is 40.7 Å². The molecule has 0 aliphatic rings. The fourth-order valence-electron chi connectivity index (χ4n) is 1.46. The van der Waals surface area contributed by atoms with Crippen molar-refractivity contribution < 1.29 is 8.78 Å². The molecule has 0 atom stereocenters. The highest BCUT2D eigenvalue weighted by molar-refractivity contribution is 9.10. The first-order valence-electron chi connectivity index (χ1n) is 4.95. The monoisotopic (exact) mass is 301 g/mol. The van der Waals surface area contributed by atoms with E-state index in [1.807, 2.05) is 6.92 Å². The zero-order chi connectivity index (χ0) is 12.4. The highest BCUT2D eigenvalue weighted by Gasteiger charge is 2.09. The first-order valence-corrected chi connectivity index (χ1v) is 5.74. The smallest absolute Gasteiger partial charge is 0.150 e. The summed E-state index contributed by atoms with van der Waals surface area (Å²) in [6, 6.07) is 2.05. The summed E-state index contributed by atoms with van der Waals surface area (Å²) < 4.78 is 26.7. The maximum Gasteiger partial charge on any atom is 0.150 e. The molecule has 0 bridgehead atoms. The minimum Gasteiger partial charge on any atom is -0.376 e. The van der Waals surface area contributed by atoms with Crippen LogP contribution in [0.15, 0.2) is 22.8 Å². The molecule has 90 valence electrons. The molecule has 0 radical (unpaired) electrons. The highest BCUT2D eigenvalue weighted by Crippen LogP contribution is 2.27. The van der Waals surface area contributed by atoms with Crippen molar-refractivity contribution in [3.05, 3.63) is 46.0 Å². The Morgan fingerprint density at radius 2 is 2.18 bits per heavy atom. The van der Waals surface area contributed by atoms with Crippen LogP contribution in [-0.4, -0.2) is 9.97 Å². The van der Waals surface area contributed by atoms with Crippen molar-refractivity contribution in [1.82, 2.24) is 9.97 Å². The van der Waals surface area contributed by atoms with Gasteiger partial charge in [-0.1, -0.05) is 0 Å². The predicted octanol–water partition coefficient (Wildman–Crippen LogP) is 3.37. The van der Waals surface area contributed by atoms with Crippen molar-refractivity contribution in [3.8, 4) is 0 Å². The molecule has 2 rings (SSSR count). The maximum absolute atomic E-state index is 13.5. The number of benzene rings is 1. The summed E-state index contributed by atoms with van der Waals surface area (Å²) in [5.74, 6) is -0.453. The number of hydrogen-bond donors (Lipinski definition) is 2. The summed E-state index contributed by atoms with van der Waals surface area (Å²) >= 11 is 3.11. The molecule has 3 nitrogen and oxygen atoms in total. The third-order valence-corrected chi connectivity index (χ3v) is 2.84. The third-order valence-electron chi connectivity index (χ3n) is 2.22. The summed E-state index contributed by atoms with van der Waals surface area (Å²) in [6.07, 6.45) is 1.66. The number of aryl methyl sites for hydroxylation is 1. The molecule has 1 heterocycles. The molecule has 0 aliphatic heterocycles. The number of aromatic amines is 1. The second-order valence-electron chi connectivity index (χ2n) is 3.59. The fourth-order valence-corrected chi connectivity index (χ4v) is 2.00. The SMILES string of the molecule is Cc1ncc(CNc2c(F)cc(F)cc2Br)[nH]1. The van der Waals surface area contributed by atoms with E-state index in [1.54, 1.807) is 6.20 Å². The van der Waals surface area contributed by atoms with Crippen LogP contribution in [0.2, 0.25) is 0 Å². The number of rotatable bonds is 3. The Bertz CT molecular complexity index is 516.